The van der Waals surface area contributed by atoms with E-state index in [0.29, 0.717) is 41.7 Å². The van der Waals surface area contributed by atoms with Gasteiger partial charge in [-0.1, -0.05) is 13.8 Å². The van der Waals surface area contributed by atoms with Gasteiger partial charge in [0.05, 0.1) is 6.61 Å². The Bertz CT molecular complexity index is 843. The number of carbonyl (C=O) groups excluding carboxylic acids is 1. The molecule has 0 aromatic rings. The first kappa shape index (κ1) is 30.2. The molecule has 4 aliphatic rings. The summed E-state index contributed by atoms with van der Waals surface area (Å²) in [6.45, 7) is 26.0. The lowest BCUT2D eigenvalue weighted by Crippen LogP contribution is -2.61. The fourth-order valence-electron chi connectivity index (χ4n) is 9.40. The molecule has 4 aliphatic carbocycles. The molecule has 0 radical (unpaired) electrons. The Balaban J connectivity index is 1.61. The zero-order chi connectivity index (χ0) is 27.6. The van der Waals surface area contributed by atoms with E-state index in [-0.39, 0.29) is 17.4 Å². The summed E-state index contributed by atoms with van der Waals surface area (Å²) in [6, 6.07) is 0. The minimum absolute atomic E-state index is 0.0483. The second kappa shape index (κ2) is 10.2. The number of Topliss-reactive ketones (excluding diaryl/α,β-unsaturated/α-hetero) is 1. The predicted molar refractivity (Wildman–Crippen MR) is 161 cm³/mol. The molecule has 37 heavy (non-hydrogen) atoms. The maximum absolute atomic E-state index is 13.6. The highest BCUT2D eigenvalue weighted by molar-refractivity contribution is 6.70. The van der Waals surface area contributed by atoms with Crippen molar-refractivity contribution in [1.82, 2.24) is 0 Å². The van der Waals surface area contributed by atoms with Crippen LogP contribution in [0.4, 0.5) is 0 Å². The Labute approximate surface area is 231 Å². The summed E-state index contributed by atoms with van der Waals surface area (Å²) in [5, 5.41) is 0. The van der Waals surface area contributed by atoms with Crippen molar-refractivity contribution in [2.24, 2.45) is 40.4 Å². The van der Waals surface area contributed by atoms with Gasteiger partial charge in [0, 0.05) is 18.1 Å². The van der Waals surface area contributed by atoms with Crippen LogP contribution in [0.25, 0.3) is 0 Å². The molecular weight excluding hydrogens is 509 g/mol. The molecule has 214 valence electrons. The van der Waals surface area contributed by atoms with E-state index in [9.17, 15) is 4.79 Å². The first-order chi connectivity index (χ1) is 16.8. The average Bonchev–Trinajstić information content (AvgIpc) is 3.06. The molecule has 0 N–H and O–H groups in total. The van der Waals surface area contributed by atoms with E-state index in [1.807, 2.05) is 0 Å². The third kappa shape index (κ3) is 6.42. The summed E-state index contributed by atoms with van der Waals surface area (Å²) in [7, 11) is -4.98. The Morgan fingerprint density at radius 3 is 2.03 bits per heavy atom. The van der Waals surface area contributed by atoms with Gasteiger partial charge in [-0.25, -0.2) is 0 Å². The van der Waals surface area contributed by atoms with Crippen LogP contribution in [0.5, 0.6) is 0 Å². The highest BCUT2D eigenvalue weighted by atomic mass is 28.4. The first-order valence-electron chi connectivity index (χ1n) is 15.3. The fourth-order valence-corrected chi connectivity index (χ4v) is 12.3. The van der Waals surface area contributed by atoms with E-state index in [1.165, 1.54) is 38.5 Å². The molecule has 0 spiro atoms. The average molecular weight is 567 g/mol. The number of carbonyl (C=O) groups is 1. The monoisotopic (exact) mass is 566 g/mol. The summed E-state index contributed by atoms with van der Waals surface area (Å²) in [4.78, 5) is 13.6. The number of ketones is 1. The summed E-state index contributed by atoms with van der Waals surface area (Å²) < 4.78 is 20.0. The van der Waals surface area contributed by atoms with Gasteiger partial charge in [0.15, 0.2) is 30.7 Å². The summed E-state index contributed by atoms with van der Waals surface area (Å²) in [5.41, 5.74) is 0.379. The van der Waals surface area contributed by atoms with Gasteiger partial charge in [0.2, 0.25) is 0 Å². The van der Waals surface area contributed by atoms with E-state index in [0.717, 1.165) is 18.8 Å². The van der Waals surface area contributed by atoms with Crippen LogP contribution in [0.3, 0.4) is 0 Å². The van der Waals surface area contributed by atoms with Gasteiger partial charge in [0.25, 0.3) is 0 Å². The molecule has 0 amide bonds. The minimum atomic E-state index is -1.75. The number of hydrogen-bond acceptors (Lipinski definition) is 4. The van der Waals surface area contributed by atoms with Crippen LogP contribution in [0, 0.1) is 40.4 Å². The zero-order valence-corrected chi connectivity index (χ0v) is 29.0. The smallest absolute Gasteiger partial charge is 0.184 e. The number of hydrogen-bond donors (Lipinski definition) is 0. The van der Waals surface area contributed by atoms with E-state index < -0.39 is 25.0 Å². The van der Waals surface area contributed by atoms with Crippen LogP contribution in [-0.4, -0.2) is 49.6 Å². The van der Waals surface area contributed by atoms with Gasteiger partial charge in [-0.05, 0) is 145 Å². The van der Waals surface area contributed by atoms with Gasteiger partial charge < -0.3 is 13.3 Å². The molecule has 4 fully saturated rings. The van der Waals surface area contributed by atoms with Crippen molar-refractivity contribution in [3.63, 3.8) is 0 Å². The second-order valence-electron chi connectivity index (χ2n) is 16.7. The second-order valence-corrected chi connectivity index (χ2v) is 30.1. The molecule has 3 unspecified atom stereocenters. The van der Waals surface area contributed by atoms with Crippen LogP contribution >= 0.6 is 0 Å². The minimum Gasteiger partial charge on any atom is -0.415 e. The third-order valence-electron chi connectivity index (χ3n) is 10.6. The molecule has 0 aliphatic heterocycles. The largest absolute Gasteiger partial charge is 0.415 e. The van der Waals surface area contributed by atoms with Crippen molar-refractivity contribution in [3.05, 3.63) is 0 Å². The number of fused-ring (bicyclic) bond motifs is 5. The first-order valence-corrected chi connectivity index (χ1v) is 25.6. The van der Waals surface area contributed by atoms with Gasteiger partial charge >= 0.3 is 0 Å². The van der Waals surface area contributed by atoms with Gasteiger partial charge in [-0.2, -0.15) is 0 Å². The standard InChI is InChI=1S/C30H58O4Si3/c1-29-17-16-22(33-36(6,7)8)18-21(29)12-13-23-24-14-15-25(26(31)20-32-35(3,4)5)30(24,2)19-27(28(23)29)34-37(9,10)11/h21-25,27-28H,12-20H2,1-11H3/t21?,22?,23-,24-,25+,27?,28+,29-,30-/m0/s1. The SMILES string of the molecule is C[C@]12CC(O[Si](C)(C)C)[C@H]3[C@@H](CCC4CC(O[Si](C)(C)C)CC[C@@]43C)[C@@H]1CC[C@@H]2C(=O)CO[Si](C)(C)C. The van der Waals surface area contributed by atoms with Crippen molar-refractivity contribution in [2.45, 2.75) is 136 Å². The lowest BCUT2D eigenvalue weighted by Gasteiger charge is -2.64. The van der Waals surface area contributed by atoms with Gasteiger partial charge in [0.1, 0.15) is 0 Å². The van der Waals surface area contributed by atoms with Crippen LogP contribution < -0.4 is 0 Å². The molecule has 0 aromatic carbocycles. The lowest BCUT2D eigenvalue weighted by molar-refractivity contribution is -0.173. The molecule has 0 bridgehead atoms. The normalized spacial score (nSPS) is 42.6. The Morgan fingerprint density at radius 2 is 1.43 bits per heavy atom. The van der Waals surface area contributed by atoms with Crippen molar-refractivity contribution in [2.75, 3.05) is 6.61 Å². The highest BCUT2D eigenvalue weighted by Crippen LogP contribution is 2.68. The predicted octanol–water partition coefficient (Wildman–Crippen LogP) is 8.12. The molecule has 0 saturated heterocycles. The van der Waals surface area contributed by atoms with E-state index in [1.54, 1.807) is 0 Å². The van der Waals surface area contributed by atoms with Gasteiger partial charge in [-0.3, -0.25) is 4.79 Å². The van der Waals surface area contributed by atoms with Crippen molar-refractivity contribution in [3.8, 4) is 0 Å². The van der Waals surface area contributed by atoms with Crippen LogP contribution in [0.2, 0.25) is 58.9 Å². The topological polar surface area (TPSA) is 44.8 Å². The van der Waals surface area contributed by atoms with Crippen LogP contribution in [-0.2, 0) is 18.1 Å². The summed E-state index contributed by atoms with van der Waals surface area (Å²) in [5.74, 6) is 3.19. The molecular formula is C30H58O4Si3. The molecule has 0 heterocycles. The third-order valence-corrected chi connectivity index (χ3v) is 13.6. The van der Waals surface area contributed by atoms with Crippen molar-refractivity contribution < 1.29 is 18.1 Å². The zero-order valence-electron chi connectivity index (χ0n) is 26.0. The maximum Gasteiger partial charge on any atom is 0.184 e. The van der Waals surface area contributed by atoms with E-state index in [2.05, 4.69) is 72.8 Å². The van der Waals surface area contributed by atoms with Crippen LogP contribution in [0.15, 0.2) is 0 Å². The Kier molecular flexibility index (Phi) is 8.34. The molecule has 7 heteroatoms. The van der Waals surface area contributed by atoms with Gasteiger partial charge in [-0.15, -0.1) is 0 Å². The molecule has 4 rings (SSSR count). The van der Waals surface area contributed by atoms with E-state index in [4.69, 9.17) is 13.3 Å². The maximum atomic E-state index is 13.6. The molecule has 4 saturated carbocycles. The summed E-state index contributed by atoms with van der Waals surface area (Å²) in [6.07, 6.45) is 10.4. The molecule has 0 aromatic heterocycles. The fraction of sp³-hybridized carbons (Fsp3) is 0.967. The molecule has 4 nitrogen and oxygen atoms in total. The highest BCUT2D eigenvalue weighted by Gasteiger charge is 2.64. The summed E-state index contributed by atoms with van der Waals surface area (Å²) >= 11 is 0. The van der Waals surface area contributed by atoms with Crippen molar-refractivity contribution >= 4 is 30.7 Å². The lowest BCUT2D eigenvalue weighted by atomic mass is 9.44. The molecule has 9 atom stereocenters. The quantitative estimate of drug-likeness (QED) is 0.278. The Morgan fingerprint density at radius 1 is 0.784 bits per heavy atom. The van der Waals surface area contributed by atoms with E-state index >= 15 is 0 Å². The van der Waals surface area contributed by atoms with Crippen LogP contribution in [0.1, 0.15) is 65.2 Å². The number of rotatable bonds is 8. The Hall–Kier alpha value is 0.201. The van der Waals surface area contributed by atoms with Crippen molar-refractivity contribution in [1.29, 1.82) is 0 Å².